The molecule has 4 heteroatoms. The van der Waals surface area contributed by atoms with Crippen LogP contribution in [0.1, 0.15) is 18.4 Å². The number of likely N-dealkylation sites (tertiary alicyclic amines) is 1. The lowest BCUT2D eigenvalue weighted by Gasteiger charge is -2.33. The van der Waals surface area contributed by atoms with Crippen molar-refractivity contribution in [2.75, 3.05) is 39.2 Å². The Labute approximate surface area is 150 Å². The zero-order valence-electron chi connectivity index (χ0n) is 15.2. The van der Waals surface area contributed by atoms with Gasteiger partial charge in [0.25, 0.3) is 0 Å². The minimum Gasteiger partial charge on any atom is -0.497 e. The summed E-state index contributed by atoms with van der Waals surface area (Å²) in [6, 6.07) is 17.2. The highest BCUT2D eigenvalue weighted by Crippen LogP contribution is 2.20. The van der Waals surface area contributed by atoms with Crippen molar-refractivity contribution in [3.8, 4) is 11.5 Å². The number of nitrogens with one attached hydrogen (secondary N) is 1. The summed E-state index contributed by atoms with van der Waals surface area (Å²) < 4.78 is 10.4. The van der Waals surface area contributed by atoms with Crippen LogP contribution in [0.15, 0.2) is 48.5 Å². The van der Waals surface area contributed by atoms with Crippen LogP contribution in [-0.2, 0) is 6.42 Å². The predicted octanol–water partition coefficient (Wildman–Crippen LogP) is 3.82. The van der Waals surface area contributed by atoms with Gasteiger partial charge in [0.1, 0.15) is 11.5 Å². The Hall–Kier alpha value is -2.20. The molecule has 0 bridgehead atoms. The normalized spacial score (nSPS) is 15.8. The molecule has 1 aliphatic rings. The van der Waals surface area contributed by atoms with Gasteiger partial charge in [-0.05, 0) is 61.2 Å². The second-order valence-electron chi connectivity index (χ2n) is 6.59. The van der Waals surface area contributed by atoms with Crippen molar-refractivity contribution in [3.05, 3.63) is 54.1 Å². The Bertz CT molecular complexity index is 632. The molecule has 1 N–H and O–H groups in total. The second-order valence-corrected chi connectivity index (χ2v) is 6.59. The van der Waals surface area contributed by atoms with Gasteiger partial charge in [-0.2, -0.15) is 0 Å². The second kappa shape index (κ2) is 8.77. The van der Waals surface area contributed by atoms with E-state index in [1.165, 1.54) is 24.1 Å². The van der Waals surface area contributed by atoms with E-state index in [9.17, 15) is 0 Å². The number of rotatable bonds is 7. The number of hydrogen-bond acceptors (Lipinski definition) is 4. The summed E-state index contributed by atoms with van der Waals surface area (Å²) in [5, 5.41) is 3.64. The summed E-state index contributed by atoms with van der Waals surface area (Å²) in [5.74, 6) is 1.83. The van der Waals surface area contributed by atoms with E-state index in [-0.39, 0.29) is 0 Å². The summed E-state index contributed by atoms with van der Waals surface area (Å²) in [6.07, 6.45) is 3.48. The summed E-state index contributed by atoms with van der Waals surface area (Å²) in [6.45, 7) is 3.44. The molecule has 3 rings (SSSR count). The van der Waals surface area contributed by atoms with Crippen molar-refractivity contribution >= 4 is 5.69 Å². The molecule has 0 atom stereocenters. The molecule has 25 heavy (non-hydrogen) atoms. The summed E-state index contributed by atoms with van der Waals surface area (Å²) >= 11 is 0. The number of piperidine rings is 1. The van der Waals surface area contributed by atoms with Gasteiger partial charge in [-0.25, -0.2) is 0 Å². The Morgan fingerprint density at radius 1 is 0.880 bits per heavy atom. The van der Waals surface area contributed by atoms with Gasteiger partial charge in [-0.3, -0.25) is 0 Å². The summed E-state index contributed by atoms with van der Waals surface area (Å²) in [5.41, 5.74) is 2.55. The van der Waals surface area contributed by atoms with Crippen LogP contribution < -0.4 is 14.8 Å². The fourth-order valence-corrected chi connectivity index (χ4v) is 3.30. The molecule has 0 unspecified atom stereocenters. The number of hydrogen-bond donors (Lipinski definition) is 1. The van der Waals surface area contributed by atoms with Gasteiger partial charge in [0.05, 0.1) is 14.2 Å². The fourth-order valence-electron chi connectivity index (χ4n) is 3.30. The fraction of sp³-hybridized carbons (Fsp3) is 0.429. The molecule has 1 aliphatic heterocycles. The van der Waals surface area contributed by atoms with E-state index in [1.807, 2.05) is 24.3 Å². The van der Waals surface area contributed by atoms with Crippen molar-refractivity contribution in [3.63, 3.8) is 0 Å². The highest BCUT2D eigenvalue weighted by atomic mass is 16.5. The third-order valence-electron chi connectivity index (χ3n) is 4.92. The third kappa shape index (κ3) is 5.13. The Kier molecular flexibility index (Phi) is 6.18. The predicted molar refractivity (Wildman–Crippen MR) is 103 cm³/mol. The van der Waals surface area contributed by atoms with Crippen LogP contribution in [-0.4, -0.2) is 44.8 Å². The first-order valence-electron chi connectivity index (χ1n) is 9.02. The molecular formula is C21H28N2O2. The van der Waals surface area contributed by atoms with Crippen LogP contribution in [0.4, 0.5) is 5.69 Å². The Balaban J connectivity index is 1.40. The SMILES string of the molecule is COc1ccc(CCN2CCC(Nc3ccc(OC)cc3)CC2)cc1. The van der Waals surface area contributed by atoms with Crippen LogP contribution >= 0.6 is 0 Å². The van der Waals surface area contributed by atoms with E-state index in [2.05, 4.69) is 34.5 Å². The van der Waals surface area contributed by atoms with E-state index in [4.69, 9.17) is 9.47 Å². The Morgan fingerprint density at radius 3 is 2.00 bits per heavy atom. The first-order valence-corrected chi connectivity index (χ1v) is 9.02. The average molecular weight is 340 g/mol. The number of anilines is 1. The van der Waals surface area contributed by atoms with Crippen molar-refractivity contribution in [1.82, 2.24) is 4.90 Å². The van der Waals surface area contributed by atoms with Crippen LogP contribution in [0.25, 0.3) is 0 Å². The smallest absolute Gasteiger partial charge is 0.119 e. The van der Waals surface area contributed by atoms with Crippen molar-refractivity contribution in [2.45, 2.75) is 25.3 Å². The highest BCUT2D eigenvalue weighted by Gasteiger charge is 2.18. The maximum Gasteiger partial charge on any atom is 0.119 e. The highest BCUT2D eigenvalue weighted by molar-refractivity contribution is 5.47. The zero-order valence-corrected chi connectivity index (χ0v) is 15.2. The number of benzene rings is 2. The lowest BCUT2D eigenvalue weighted by atomic mass is 10.0. The minimum atomic E-state index is 0.561. The van der Waals surface area contributed by atoms with Gasteiger partial charge in [0.15, 0.2) is 0 Å². The molecule has 0 amide bonds. The van der Waals surface area contributed by atoms with Gasteiger partial charge < -0.3 is 19.7 Å². The number of ether oxygens (including phenoxy) is 2. The van der Waals surface area contributed by atoms with Crippen LogP contribution in [0.5, 0.6) is 11.5 Å². The molecule has 0 aromatic heterocycles. The van der Waals surface area contributed by atoms with E-state index in [1.54, 1.807) is 14.2 Å². The third-order valence-corrected chi connectivity index (χ3v) is 4.92. The number of methoxy groups -OCH3 is 2. The van der Waals surface area contributed by atoms with Crippen molar-refractivity contribution in [2.24, 2.45) is 0 Å². The molecule has 1 fully saturated rings. The van der Waals surface area contributed by atoms with Crippen molar-refractivity contribution in [1.29, 1.82) is 0 Å². The summed E-state index contributed by atoms with van der Waals surface area (Å²) in [4.78, 5) is 2.57. The first-order chi connectivity index (χ1) is 12.3. The van der Waals surface area contributed by atoms with E-state index >= 15 is 0 Å². The van der Waals surface area contributed by atoms with Gasteiger partial charge in [-0.15, -0.1) is 0 Å². The minimum absolute atomic E-state index is 0.561. The molecule has 2 aromatic rings. The van der Waals surface area contributed by atoms with Crippen LogP contribution in [0.3, 0.4) is 0 Å². The topological polar surface area (TPSA) is 33.7 Å². The Morgan fingerprint density at radius 2 is 1.44 bits per heavy atom. The monoisotopic (exact) mass is 340 g/mol. The summed E-state index contributed by atoms with van der Waals surface area (Å²) in [7, 11) is 3.41. The molecule has 0 aliphatic carbocycles. The molecule has 0 spiro atoms. The van der Waals surface area contributed by atoms with Gasteiger partial charge in [0, 0.05) is 31.4 Å². The van der Waals surface area contributed by atoms with Crippen molar-refractivity contribution < 1.29 is 9.47 Å². The number of nitrogens with zero attached hydrogens (tertiary/aromatic N) is 1. The standard InChI is InChI=1S/C21H28N2O2/c1-24-20-7-3-17(4-8-20)11-14-23-15-12-19(13-16-23)22-18-5-9-21(25-2)10-6-18/h3-10,19,22H,11-16H2,1-2H3. The van der Waals surface area contributed by atoms with Crippen LogP contribution in [0, 0.1) is 0 Å². The molecule has 4 nitrogen and oxygen atoms in total. The van der Waals surface area contributed by atoms with Gasteiger partial charge in [0.2, 0.25) is 0 Å². The van der Waals surface area contributed by atoms with Crippen LogP contribution in [0.2, 0.25) is 0 Å². The average Bonchev–Trinajstić information content (AvgIpc) is 2.68. The molecule has 2 aromatic carbocycles. The molecule has 0 saturated carbocycles. The molecule has 134 valence electrons. The molecule has 0 radical (unpaired) electrons. The quantitative estimate of drug-likeness (QED) is 0.831. The van der Waals surface area contributed by atoms with E-state index in [0.29, 0.717) is 6.04 Å². The molecule has 1 saturated heterocycles. The van der Waals surface area contributed by atoms with E-state index < -0.39 is 0 Å². The molecule has 1 heterocycles. The zero-order chi connectivity index (χ0) is 17.5. The largest absolute Gasteiger partial charge is 0.497 e. The lowest BCUT2D eigenvalue weighted by Crippen LogP contribution is -2.40. The van der Waals surface area contributed by atoms with Gasteiger partial charge in [-0.1, -0.05) is 12.1 Å². The maximum absolute atomic E-state index is 5.21. The van der Waals surface area contributed by atoms with E-state index in [0.717, 1.165) is 37.6 Å². The lowest BCUT2D eigenvalue weighted by molar-refractivity contribution is 0.221. The molecular weight excluding hydrogens is 312 g/mol. The van der Waals surface area contributed by atoms with Gasteiger partial charge >= 0.3 is 0 Å². The first kappa shape index (κ1) is 17.6. The maximum atomic E-state index is 5.21.